The third kappa shape index (κ3) is 4.07. The Morgan fingerprint density at radius 2 is 1.96 bits per heavy atom. The molecule has 1 aliphatic heterocycles. The summed E-state index contributed by atoms with van der Waals surface area (Å²) in [6.45, 7) is 7.11. The van der Waals surface area contributed by atoms with E-state index in [1.165, 1.54) is 6.08 Å². The number of morpholine rings is 1. The zero-order valence-electron chi connectivity index (χ0n) is 16.1. The lowest BCUT2D eigenvalue weighted by Crippen LogP contribution is -2.36. The number of rotatable bonds is 4. The molecule has 28 heavy (non-hydrogen) atoms. The summed E-state index contributed by atoms with van der Waals surface area (Å²) in [6, 6.07) is 11.6. The molecule has 0 aliphatic carbocycles. The van der Waals surface area contributed by atoms with Crippen LogP contribution in [-0.4, -0.2) is 37.2 Å². The Bertz CT molecular complexity index is 1030. The van der Waals surface area contributed by atoms with Gasteiger partial charge >= 0.3 is 0 Å². The van der Waals surface area contributed by atoms with Crippen molar-refractivity contribution < 1.29 is 13.9 Å². The van der Waals surface area contributed by atoms with Crippen molar-refractivity contribution in [2.45, 2.75) is 13.8 Å². The summed E-state index contributed by atoms with van der Waals surface area (Å²) >= 11 is 0. The van der Waals surface area contributed by atoms with Crippen LogP contribution >= 0.6 is 0 Å². The van der Waals surface area contributed by atoms with Gasteiger partial charge in [0.25, 0.3) is 0 Å². The minimum Gasteiger partial charge on any atom is -0.462 e. The number of carbonyl (C=O) groups excluding carboxylic acids is 1. The first-order chi connectivity index (χ1) is 13.6. The number of hydrogen-bond donors (Lipinski definition) is 1. The number of benzene rings is 1. The summed E-state index contributed by atoms with van der Waals surface area (Å²) in [5.74, 6) is 2.24. The van der Waals surface area contributed by atoms with Crippen LogP contribution < -0.4 is 10.2 Å². The van der Waals surface area contributed by atoms with Crippen molar-refractivity contribution in [1.29, 1.82) is 0 Å². The van der Waals surface area contributed by atoms with Crippen LogP contribution in [0.3, 0.4) is 0 Å². The Balaban J connectivity index is 1.51. The van der Waals surface area contributed by atoms with Crippen molar-refractivity contribution >= 4 is 34.4 Å². The number of carbonyl (C=O) groups is 1. The predicted octanol–water partition coefficient (Wildman–Crippen LogP) is 3.93. The second-order valence-electron chi connectivity index (χ2n) is 6.90. The Labute approximate surface area is 163 Å². The summed E-state index contributed by atoms with van der Waals surface area (Å²) in [4.78, 5) is 19.2. The van der Waals surface area contributed by atoms with E-state index in [0.29, 0.717) is 5.76 Å². The SMILES string of the molecule is Cc1ccc(/C=C/C(=O)Nc2ccc3nc(N4CCOCC4)cc(C)c3c2)o1. The number of nitrogens with zero attached hydrogens (tertiary/aromatic N) is 2. The van der Waals surface area contributed by atoms with E-state index in [-0.39, 0.29) is 5.91 Å². The molecule has 3 aromatic rings. The van der Waals surface area contributed by atoms with Gasteiger partial charge in [0.05, 0.1) is 18.7 Å². The number of ether oxygens (including phenoxy) is 1. The van der Waals surface area contributed by atoms with Crippen molar-refractivity contribution in [3.63, 3.8) is 0 Å². The highest BCUT2D eigenvalue weighted by molar-refractivity contribution is 6.03. The zero-order valence-corrected chi connectivity index (χ0v) is 16.1. The fourth-order valence-corrected chi connectivity index (χ4v) is 3.29. The van der Waals surface area contributed by atoms with Gasteiger partial charge in [-0.15, -0.1) is 0 Å². The molecule has 0 unspecified atom stereocenters. The van der Waals surface area contributed by atoms with Gasteiger partial charge in [-0.2, -0.15) is 0 Å². The molecule has 0 bridgehead atoms. The summed E-state index contributed by atoms with van der Waals surface area (Å²) in [5, 5.41) is 3.92. The molecule has 6 nitrogen and oxygen atoms in total. The lowest BCUT2D eigenvalue weighted by atomic mass is 10.1. The zero-order chi connectivity index (χ0) is 19.5. The molecular formula is C22H23N3O3. The monoisotopic (exact) mass is 377 g/mol. The molecule has 1 saturated heterocycles. The van der Waals surface area contributed by atoms with Crippen LogP contribution in [0.2, 0.25) is 0 Å². The van der Waals surface area contributed by atoms with Crippen LogP contribution in [0.4, 0.5) is 11.5 Å². The van der Waals surface area contributed by atoms with Gasteiger partial charge in [-0.3, -0.25) is 4.79 Å². The third-order valence-electron chi connectivity index (χ3n) is 4.76. The highest BCUT2D eigenvalue weighted by atomic mass is 16.5. The van der Waals surface area contributed by atoms with Crippen molar-refractivity contribution in [2.24, 2.45) is 0 Å². The maximum absolute atomic E-state index is 12.2. The second-order valence-corrected chi connectivity index (χ2v) is 6.90. The van der Waals surface area contributed by atoms with E-state index in [4.69, 9.17) is 14.1 Å². The number of furan rings is 1. The molecule has 3 heterocycles. The van der Waals surface area contributed by atoms with Crippen LogP contribution in [0.5, 0.6) is 0 Å². The number of anilines is 2. The fourth-order valence-electron chi connectivity index (χ4n) is 3.29. The molecule has 0 saturated carbocycles. The number of aryl methyl sites for hydroxylation is 2. The number of hydrogen-bond acceptors (Lipinski definition) is 5. The minimum atomic E-state index is -0.205. The maximum Gasteiger partial charge on any atom is 0.248 e. The van der Waals surface area contributed by atoms with Crippen LogP contribution in [0, 0.1) is 13.8 Å². The number of fused-ring (bicyclic) bond motifs is 1. The van der Waals surface area contributed by atoms with Crippen molar-refractivity contribution in [2.75, 3.05) is 36.5 Å². The molecule has 1 N–H and O–H groups in total. The fraction of sp³-hybridized carbons (Fsp3) is 0.273. The molecule has 6 heteroatoms. The number of nitrogens with one attached hydrogen (secondary N) is 1. The van der Waals surface area contributed by atoms with Crippen LogP contribution in [0.1, 0.15) is 17.1 Å². The molecule has 1 aliphatic rings. The van der Waals surface area contributed by atoms with Gasteiger partial charge in [-0.1, -0.05) is 0 Å². The second kappa shape index (κ2) is 7.86. The molecule has 2 aromatic heterocycles. The maximum atomic E-state index is 12.2. The Hall–Kier alpha value is -3.12. The van der Waals surface area contributed by atoms with E-state index < -0.39 is 0 Å². The average molecular weight is 377 g/mol. The first kappa shape index (κ1) is 18.3. The molecule has 144 valence electrons. The van der Waals surface area contributed by atoms with E-state index in [2.05, 4.69) is 23.2 Å². The van der Waals surface area contributed by atoms with Gasteiger partial charge in [0, 0.05) is 30.2 Å². The Morgan fingerprint density at radius 1 is 1.14 bits per heavy atom. The Kier molecular flexibility index (Phi) is 5.12. The van der Waals surface area contributed by atoms with Crippen molar-refractivity contribution in [3.8, 4) is 0 Å². The lowest BCUT2D eigenvalue weighted by molar-refractivity contribution is -0.111. The summed E-state index contributed by atoms with van der Waals surface area (Å²) in [5.41, 5.74) is 2.78. The molecule has 1 aromatic carbocycles. The van der Waals surface area contributed by atoms with Gasteiger partial charge in [-0.05, 0) is 61.9 Å². The number of aromatic nitrogens is 1. The molecule has 0 radical (unpaired) electrons. The highest BCUT2D eigenvalue weighted by Crippen LogP contribution is 2.26. The van der Waals surface area contributed by atoms with E-state index in [1.54, 1.807) is 6.08 Å². The van der Waals surface area contributed by atoms with E-state index in [1.807, 2.05) is 37.3 Å². The molecule has 0 spiro atoms. The van der Waals surface area contributed by atoms with Gasteiger partial charge < -0.3 is 19.4 Å². The predicted molar refractivity (Wildman–Crippen MR) is 111 cm³/mol. The third-order valence-corrected chi connectivity index (χ3v) is 4.76. The van der Waals surface area contributed by atoms with E-state index in [9.17, 15) is 4.79 Å². The first-order valence-corrected chi connectivity index (χ1v) is 9.38. The van der Waals surface area contributed by atoms with Crippen LogP contribution in [-0.2, 0) is 9.53 Å². The minimum absolute atomic E-state index is 0.205. The van der Waals surface area contributed by atoms with Crippen LogP contribution in [0.25, 0.3) is 17.0 Å². The average Bonchev–Trinajstić information content (AvgIpc) is 3.13. The van der Waals surface area contributed by atoms with E-state index in [0.717, 1.165) is 60.0 Å². The van der Waals surface area contributed by atoms with Crippen LogP contribution in [0.15, 0.2) is 46.9 Å². The van der Waals surface area contributed by atoms with Gasteiger partial charge in [0.15, 0.2) is 0 Å². The smallest absolute Gasteiger partial charge is 0.248 e. The normalized spacial score (nSPS) is 14.7. The van der Waals surface area contributed by atoms with E-state index >= 15 is 0 Å². The molecule has 1 amide bonds. The molecule has 4 rings (SSSR count). The van der Waals surface area contributed by atoms with Gasteiger partial charge in [0.2, 0.25) is 5.91 Å². The summed E-state index contributed by atoms with van der Waals surface area (Å²) < 4.78 is 10.9. The number of pyridine rings is 1. The Morgan fingerprint density at radius 3 is 2.71 bits per heavy atom. The lowest BCUT2D eigenvalue weighted by Gasteiger charge is -2.28. The first-order valence-electron chi connectivity index (χ1n) is 9.38. The van der Waals surface area contributed by atoms with Crippen molar-refractivity contribution in [3.05, 3.63) is 59.6 Å². The van der Waals surface area contributed by atoms with Gasteiger partial charge in [0.1, 0.15) is 17.3 Å². The quantitative estimate of drug-likeness (QED) is 0.698. The summed E-state index contributed by atoms with van der Waals surface area (Å²) in [7, 11) is 0. The highest BCUT2D eigenvalue weighted by Gasteiger charge is 2.14. The largest absolute Gasteiger partial charge is 0.462 e. The molecule has 1 fully saturated rings. The summed E-state index contributed by atoms with van der Waals surface area (Å²) in [6.07, 6.45) is 3.12. The standard InChI is InChI=1S/C22H23N3O3/c1-15-13-21(25-9-11-27-12-10-25)24-20-7-4-17(14-19(15)20)23-22(26)8-6-18-5-3-16(2)28-18/h3-8,13-14H,9-12H2,1-2H3,(H,23,26)/b8-6+. The molecule has 0 atom stereocenters. The van der Waals surface area contributed by atoms with Gasteiger partial charge in [-0.25, -0.2) is 4.98 Å². The molecular weight excluding hydrogens is 354 g/mol. The topological polar surface area (TPSA) is 67.6 Å². The number of amides is 1. The van der Waals surface area contributed by atoms with Crippen molar-refractivity contribution in [1.82, 2.24) is 4.98 Å².